The lowest BCUT2D eigenvalue weighted by atomic mass is 10.1. The van der Waals surface area contributed by atoms with E-state index in [9.17, 15) is 4.79 Å². The maximum Gasteiger partial charge on any atom is 0.337 e. The average Bonchev–Trinajstić information content (AvgIpc) is 2.38. The van der Waals surface area contributed by atoms with Gasteiger partial charge in [0.2, 0.25) is 0 Å². The van der Waals surface area contributed by atoms with E-state index in [2.05, 4.69) is 10.3 Å². The Labute approximate surface area is 104 Å². The smallest absolute Gasteiger partial charge is 0.337 e. The number of carboxylic acids is 1. The van der Waals surface area contributed by atoms with Gasteiger partial charge in [0.25, 0.3) is 0 Å². The molecule has 1 aromatic heterocycles. The molecule has 0 fully saturated rings. The number of pyridine rings is 1. The second-order valence-electron chi connectivity index (χ2n) is 3.88. The molecular formula is C13H14N2O3. The van der Waals surface area contributed by atoms with Crippen molar-refractivity contribution in [1.29, 1.82) is 0 Å². The fourth-order valence-electron chi connectivity index (χ4n) is 1.79. The number of aromatic nitrogens is 1. The summed E-state index contributed by atoms with van der Waals surface area (Å²) in [5.41, 5.74) is 0.193. The number of hydrogen-bond acceptors (Lipinski definition) is 4. The predicted molar refractivity (Wildman–Crippen MR) is 68.9 cm³/mol. The van der Waals surface area contributed by atoms with E-state index in [1.54, 1.807) is 12.1 Å². The van der Waals surface area contributed by atoms with Crippen LogP contribution in [-0.4, -0.2) is 34.3 Å². The van der Waals surface area contributed by atoms with Crippen LogP contribution in [0, 0.1) is 0 Å². The number of fused-ring (bicyclic) bond motifs is 1. The number of aliphatic hydroxyl groups excluding tert-OH is 1. The second-order valence-corrected chi connectivity index (χ2v) is 3.88. The summed E-state index contributed by atoms with van der Waals surface area (Å²) in [4.78, 5) is 15.2. The third-order valence-electron chi connectivity index (χ3n) is 2.65. The topological polar surface area (TPSA) is 82.5 Å². The van der Waals surface area contributed by atoms with E-state index in [4.69, 9.17) is 10.2 Å². The van der Waals surface area contributed by atoms with Gasteiger partial charge < -0.3 is 15.5 Å². The molecule has 0 spiro atoms. The zero-order valence-corrected chi connectivity index (χ0v) is 9.76. The Kier molecular flexibility index (Phi) is 3.74. The summed E-state index contributed by atoms with van der Waals surface area (Å²) in [6.45, 7) is 0.706. The number of nitrogens with one attached hydrogen (secondary N) is 1. The van der Waals surface area contributed by atoms with E-state index >= 15 is 0 Å². The first kappa shape index (κ1) is 12.3. The standard InChI is InChI=1S/C13H14N2O3/c16-7-3-6-14-12-10-5-2-1-4-9(10)11(8-15-12)13(17)18/h1-2,4-5,8,16H,3,6-7H2,(H,14,15)(H,17,18). The molecule has 0 bridgehead atoms. The number of hydrogen-bond donors (Lipinski definition) is 3. The first-order valence-electron chi connectivity index (χ1n) is 5.70. The molecule has 0 radical (unpaired) electrons. The number of rotatable bonds is 5. The van der Waals surface area contributed by atoms with Gasteiger partial charge in [0.05, 0.1) is 5.56 Å². The first-order valence-corrected chi connectivity index (χ1v) is 5.70. The molecule has 0 atom stereocenters. The average molecular weight is 246 g/mol. The molecule has 0 aliphatic rings. The summed E-state index contributed by atoms with van der Waals surface area (Å²) < 4.78 is 0. The number of carbonyl (C=O) groups is 1. The summed E-state index contributed by atoms with van der Waals surface area (Å²) in [5, 5.41) is 22.4. The predicted octanol–water partition coefficient (Wildman–Crippen LogP) is 1.73. The van der Waals surface area contributed by atoms with Gasteiger partial charge in [0.15, 0.2) is 0 Å². The van der Waals surface area contributed by atoms with Crippen molar-refractivity contribution in [3.8, 4) is 0 Å². The van der Waals surface area contributed by atoms with Gasteiger partial charge in [0.1, 0.15) is 5.82 Å². The van der Waals surface area contributed by atoms with Crippen LogP contribution in [0.4, 0.5) is 5.82 Å². The highest BCUT2D eigenvalue weighted by molar-refractivity contribution is 6.06. The van der Waals surface area contributed by atoms with E-state index in [0.717, 1.165) is 5.39 Å². The van der Waals surface area contributed by atoms with Crippen molar-refractivity contribution in [1.82, 2.24) is 4.98 Å². The molecule has 94 valence electrons. The number of nitrogens with zero attached hydrogens (tertiary/aromatic N) is 1. The van der Waals surface area contributed by atoms with Crippen LogP contribution in [0.1, 0.15) is 16.8 Å². The van der Waals surface area contributed by atoms with Crippen LogP contribution in [-0.2, 0) is 0 Å². The summed E-state index contributed by atoms with van der Waals surface area (Å²) >= 11 is 0. The molecule has 0 saturated carbocycles. The second kappa shape index (κ2) is 5.46. The van der Waals surface area contributed by atoms with E-state index in [0.29, 0.717) is 24.2 Å². The molecule has 0 saturated heterocycles. The van der Waals surface area contributed by atoms with Crippen LogP contribution in [0.25, 0.3) is 10.8 Å². The minimum absolute atomic E-state index is 0.109. The van der Waals surface area contributed by atoms with E-state index in [-0.39, 0.29) is 12.2 Å². The van der Waals surface area contributed by atoms with Crippen molar-refractivity contribution in [2.45, 2.75) is 6.42 Å². The first-order chi connectivity index (χ1) is 8.74. The molecule has 0 amide bonds. The molecular weight excluding hydrogens is 232 g/mol. The van der Waals surface area contributed by atoms with Crippen LogP contribution in [0.15, 0.2) is 30.5 Å². The molecule has 1 aromatic carbocycles. The van der Waals surface area contributed by atoms with Crippen molar-refractivity contribution in [2.24, 2.45) is 0 Å². The van der Waals surface area contributed by atoms with Gasteiger partial charge in [0, 0.05) is 30.1 Å². The highest BCUT2D eigenvalue weighted by atomic mass is 16.4. The SMILES string of the molecule is O=C(O)c1cnc(NCCCO)c2ccccc12. The van der Waals surface area contributed by atoms with Crippen molar-refractivity contribution in [2.75, 3.05) is 18.5 Å². The van der Waals surface area contributed by atoms with Gasteiger partial charge >= 0.3 is 5.97 Å². The number of aromatic carboxylic acids is 1. The lowest BCUT2D eigenvalue weighted by Crippen LogP contribution is -2.07. The van der Waals surface area contributed by atoms with Crippen LogP contribution in [0.5, 0.6) is 0 Å². The van der Waals surface area contributed by atoms with Crippen molar-refractivity contribution < 1.29 is 15.0 Å². The third kappa shape index (κ3) is 2.41. The quantitative estimate of drug-likeness (QED) is 0.700. The third-order valence-corrected chi connectivity index (χ3v) is 2.65. The lowest BCUT2D eigenvalue weighted by molar-refractivity contribution is 0.0698. The number of carboxylic acid groups (broad SMARTS) is 1. The fourth-order valence-corrected chi connectivity index (χ4v) is 1.79. The Bertz CT molecular complexity index is 569. The number of anilines is 1. The van der Waals surface area contributed by atoms with Crippen molar-refractivity contribution in [3.63, 3.8) is 0 Å². The summed E-state index contributed by atoms with van der Waals surface area (Å²) in [6, 6.07) is 7.23. The van der Waals surface area contributed by atoms with Crippen molar-refractivity contribution in [3.05, 3.63) is 36.0 Å². The van der Waals surface area contributed by atoms with E-state index in [1.165, 1.54) is 6.20 Å². The highest BCUT2D eigenvalue weighted by Crippen LogP contribution is 2.24. The lowest BCUT2D eigenvalue weighted by Gasteiger charge is -2.09. The summed E-state index contributed by atoms with van der Waals surface area (Å²) in [7, 11) is 0. The summed E-state index contributed by atoms with van der Waals surface area (Å²) in [6.07, 6.45) is 1.97. The van der Waals surface area contributed by atoms with Crippen LogP contribution >= 0.6 is 0 Å². The molecule has 0 aliphatic carbocycles. The Morgan fingerprint density at radius 2 is 2.00 bits per heavy atom. The maximum absolute atomic E-state index is 11.1. The minimum Gasteiger partial charge on any atom is -0.478 e. The van der Waals surface area contributed by atoms with Gasteiger partial charge in [-0.2, -0.15) is 0 Å². The van der Waals surface area contributed by atoms with Gasteiger partial charge in [-0.3, -0.25) is 0 Å². The van der Waals surface area contributed by atoms with Gasteiger partial charge in [-0.25, -0.2) is 9.78 Å². The summed E-state index contributed by atoms with van der Waals surface area (Å²) in [5.74, 6) is -0.343. The van der Waals surface area contributed by atoms with Crippen molar-refractivity contribution >= 4 is 22.6 Å². The van der Waals surface area contributed by atoms with Gasteiger partial charge in [-0.05, 0) is 6.42 Å². The molecule has 18 heavy (non-hydrogen) atoms. The Morgan fingerprint density at radius 3 is 2.67 bits per heavy atom. The minimum atomic E-state index is -0.986. The highest BCUT2D eigenvalue weighted by Gasteiger charge is 2.11. The number of benzene rings is 1. The molecule has 0 unspecified atom stereocenters. The van der Waals surface area contributed by atoms with Crippen LogP contribution in [0.3, 0.4) is 0 Å². The van der Waals surface area contributed by atoms with Crippen LogP contribution < -0.4 is 5.32 Å². The zero-order valence-electron chi connectivity index (χ0n) is 9.76. The van der Waals surface area contributed by atoms with Crippen LogP contribution in [0.2, 0.25) is 0 Å². The molecule has 5 nitrogen and oxygen atoms in total. The molecule has 1 heterocycles. The Hall–Kier alpha value is -2.14. The van der Waals surface area contributed by atoms with Gasteiger partial charge in [-0.15, -0.1) is 0 Å². The molecule has 3 N–H and O–H groups in total. The van der Waals surface area contributed by atoms with Gasteiger partial charge in [-0.1, -0.05) is 24.3 Å². The normalized spacial score (nSPS) is 10.5. The molecule has 0 aliphatic heterocycles. The van der Waals surface area contributed by atoms with E-state index in [1.807, 2.05) is 12.1 Å². The largest absolute Gasteiger partial charge is 0.478 e. The molecule has 2 rings (SSSR count). The van der Waals surface area contributed by atoms with E-state index < -0.39 is 5.97 Å². The zero-order chi connectivity index (χ0) is 13.0. The maximum atomic E-state index is 11.1. The monoisotopic (exact) mass is 246 g/mol. The molecule has 2 aromatic rings. The Morgan fingerprint density at radius 1 is 1.28 bits per heavy atom. The number of aliphatic hydroxyl groups is 1. The fraction of sp³-hybridized carbons (Fsp3) is 0.231. The Balaban J connectivity index is 2.44. The molecule has 5 heteroatoms.